The third-order valence-electron chi connectivity index (χ3n) is 5.89. The van der Waals surface area contributed by atoms with Crippen molar-refractivity contribution < 1.29 is 13.6 Å². The van der Waals surface area contributed by atoms with E-state index in [-0.39, 0.29) is 27.7 Å². The molecule has 1 heterocycles. The van der Waals surface area contributed by atoms with E-state index in [0.29, 0.717) is 6.61 Å². The molecule has 0 aromatic carbocycles. The minimum absolute atomic E-state index is 0.110. The molecule has 0 spiro atoms. The van der Waals surface area contributed by atoms with Gasteiger partial charge in [-0.2, -0.15) is 0 Å². The first kappa shape index (κ1) is 22.9. The molecule has 1 aliphatic rings. The molecule has 1 unspecified atom stereocenters. The molecule has 1 fully saturated rings. The van der Waals surface area contributed by atoms with Crippen molar-refractivity contribution in [2.45, 2.75) is 101 Å². The van der Waals surface area contributed by atoms with E-state index in [2.05, 4.69) is 67.7 Å². The maximum absolute atomic E-state index is 6.54. The number of hydrogen-bond acceptors (Lipinski definition) is 3. The molecule has 24 heavy (non-hydrogen) atoms. The van der Waals surface area contributed by atoms with E-state index in [9.17, 15) is 0 Å². The van der Waals surface area contributed by atoms with Gasteiger partial charge in [-0.15, -0.1) is 11.6 Å². The lowest BCUT2D eigenvalue weighted by atomic mass is 10.2. The molecule has 0 saturated carbocycles. The third kappa shape index (κ3) is 5.21. The fourth-order valence-electron chi connectivity index (χ4n) is 1.97. The minimum atomic E-state index is -1.96. The lowest BCUT2D eigenvalue weighted by molar-refractivity contribution is 0.00337. The van der Waals surface area contributed by atoms with Crippen molar-refractivity contribution in [3.63, 3.8) is 0 Å². The van der Waals surface area contributed by atoms with Gasteiger partial charge in [0.1, 0.15) is 11.5 Å². The molecule has 0 radical (unpaired) electrons. The van der Waals surface area contributed by atoms with Crippen molar-refractivity contribution in [3.05, 3.63) is 0 Å². The summed E-state index contributed by atoms with van der Waals surface area (Å²) in [5, 5.41) is -0.0881. The lowest BCUT2D eigenvalue weighted by Gasteiger charge is -2.41. The predicted molar refractivity (Wildman–Crippen MR) is 109 cm³/mol. The molecule has 0 aromatic heterocycles. The summed E-state index contributed by atoms with van der Waals surface area (Å²) in [6, 6.07) is 0. The topological polar surface area (TPSA) is 27.7 Å². The van der Waals surface area contributed by atoms with Gasteiger partial charge in [-0.3, -0.25) is 0 Å². The van der Waals surface area contributed by atoms with Crippen LogP contribution in [0.5, 0.6) is 0 Å². The highest BCUT2D eigenvalue weighted by Gasteiger charge is 2.50. The predicted octanol–water partition coefficient (Wildman–Crippen LogP) is 5.97. The van der Waals surface area contributed by atoms with Crippen molar-refractivity contribution in [3.8, 4) is 0 Å². The third-order valence-corrected chi connectivity index (χ3v) is 15.8. The highest BCUT2D eigenvalue weighted by Crippen LogP contribution is 2.42. The quantitative estimate of drug-likeness (QED) is 0.409. The molecule has 0 aliphatic carbocycles. The average Bonchev–Trinajstić information content (AvgIpc) is 2.61. The normalized spacial score (nSPS) is 30.0. The van der Waals surface area contributed by atoms with E-state index in [1.54, 1.807) is 0 Å². The fourth-order valence-corrected chi connectivity index (χ4v) is 4.95. The molecule has 0 amide bonds. The van der Waals surface area contributed by atoms with Gasteiger partial charge in [0.2, 0.25) is 0 Å². The van der Waals surface area contributed by atoms with E-state index in [4.69, 9.17) is 36.8 Å². The van der Waals surface area contributed by atoms with Crippen LogP contribution in [-0.2, 0) is 13.6 Å². The van der Waals surface area contributed by atoms with Crippen LogP contribution in [0.4, 0.5) is 0 Å². The van der Waals surface area contributed by atoms with Gasteiger partial charge in [0, 0.05) is 0 Å². The number of halogens is 2. The first-order chi connectivity index (χ1) is 10.5. The molecule has 3 nitrogen and oxygen atoms in total. The van der Waals surface area contributed by atoms with Crippen molar-refractivity contribution in [2.75, 3.05) is 6.61 Å². The van der Waals surface area contributed by atoms with Crippen LogP contribution in [0, 0.1) is 0 Å². The second-order valence-corrected chi connectivity index (χ2v) is 20.4. The Morgan fingerprint density at radius 3 is 1.75 bits per heavy atom. The van der Waals surface area contributed by atoms with Gasteiger partial charge < -0.3 is 13.6 Å². The SMILES string of the molecule is CC(C)(C)[Si](C)(C)OC[C@H]1O[C@H](Cl)[C@@H](Cl)C1O[Si](C)(C)C(C)(C)C. The number of alkyl halides is 2. The Hall–Kier alpha value is 0.894. The fraction of sp³-hybridized carbons (Fsp3) is 1.00. The Balaban J connectivity index is 2.86. The molecular weight excluding hydrogens is 379 g/mol. The molecule has 0 aromatic rings. The lowest BCUT2D eigenvalue weighted by Crippen LogP contribution is -2.50. The van der Waals surface area contributed by atoms with Crippen LogP contribution in [0.2, 0.25) is 36.3 Å². The second kappa shape index (κ2) is 7.49. The zero-order chi connectivity index (χ0) is 19.1. The first-order valence-electron chi connectivity index (χ1n) is 8.75. The molecule has 0 bridgehead atoms. The highest BCUT2D eigenvalue weighted by atomic mass is 35.5. The van der Waals surface area contributed by atoms with Crippen LogP contribution < -0.4 is 0 Å². The van der Waals surface area contributed by atoms with Gasteiger partial charge in [0.05, 0.1) is 12.7 Å². The van der Waals surface area contributed by atoms with E-state index >= 15 is 0 Å². The van der Waals surface area contributed by atoms with Crippen LogP contribution >= 0.6 is 23.2 Å². The van der Waals surface area contributed by atoms with Crippen molar-refractivity contribution in [1.82, 2.24) is 0 Å². The van der Waals surface area contributed by atoms with E-state index in [1.807, 2.05) is 0 Å². The summed E-state index contributed by atoms with van der Waals surface area (Å²) in [5.74, 6) is 0. The molecule has 4 atom stereocenters. The smallest absolute Gasteiger partial charge is 0.192 e. The number of ether oxygens (including phenoxy) is 1. The van der Waals surface area contributed by atoms with Gasteiger partial charge >= 0.3 is 0 Å². The van der Waals surface area contributed by atoms with Gasteiger partial charge in [0.15, 0.2) is 22.2 Å². The summed E-state index contributed by atoms with van der Waals surface area (Å²) < 4.78 is 18.8. The van der Waals surface area contributed by atoms with Crippen molar-refractivity contribution >= 4 is 39.8 Å². The average molecular weight is 416 g/mol. The minimum Gasteiger partial charge on any atom is -0.414 e. The molecule has 0 N–H and O–H groups in total. The molecule has 7 heteroatoms. The highest BCUT2D eigenvalue weighted by molar-refractivity contribution is 6.74. The maximum atomic E-state index is 6.54. The number of rotatable bonds is 5. The molecule has 1 saturated heterocycles. The zero-order valence-electron chi connectivity index (χ0n) is 17.0. The Bertz CT molecular complexity index is 431. The monoisotopic (exact) mass is 414 g/mol. The van der Waals surface area contributed by atoms with Gasteiger partial charge in [-0.25, -0.2) is 0 Å². The van der Waals surface area contributed by atoms with E-state index in [1.165, 1.54) is 0 Å². The van der Waals surface area contributed by atoms with Crippen molar-refractivity contribution in [2.24, 2.45) is 0 Å². The van der Waals surface area contributed by atoms with Crippen LogP contribution in [0.1, 0.15) is 41.5 Å². The zero-order valence-corrected chi connectivity index (χ0v) is 20.5. The summed E-state index contributed by atoms with van der Waals surface area (Å²) in [6.07, 6.45) is -0.432. The first-order valence-corrected chi connectivity index (χ1v) is 15.4. The summed E-state index contributed by atoms with van der Waals surface area (Å²) in [7, 11) is -3.81. The van der Waals surface area contributed by atoms with E-state index < -0.39 is 22.2 Å². The Labute approximate surface area is 161 Å². The summed E-state index contributed by atoms with van der Waals surface area (Å²) in [6.45, 7) is 22.8. The van der Waals surface area contributed by atoms with Gasteiger partial charge in [-0.1, -0.05) is 53.1 Å². The Morgan fingerprint density at radius 2 is 1.33 bits per heavy atom. The van der Waals surface area contributed by atoms with Crippen LogP contribution in [0.25, 0.3) is 0 Å². The van der Waals surface area contributed by atoms with Crippen LogP contribution in [0.15, 0.2) is 0 Å². The standard InChI is InChI=1S/C17H36Cl2O3Si2/c1-16(2,3)23(7,8)20-11-12-14(13(18)15(19)21-12)22-24(9,10)17(4,5)6/h12-15H,11H2,1-10H3/t12-,13+,14?,15+/m1/s1. The Kier molecular flexibility index (Phi) is 7.16. The molecular formula is C17H36Cl2O3Si2. The van der Waals surface area contributed by atoms with Gasteiger partial charge in [0.25, 0.3) is 0 Å². The van der Waals surface area contributed by atoms with Crippen molar-refractivity contribution in [1.29, 1.82) is 0 Å². The van der Waals surface area contributed by atoms with Crippen LogP contribution in [0.3, 0.4) is 0 Å². The van der Waals surface area contributed by atoms with E-state index in [0.717, 1.165) is 0 Å². The second-order valence-electron chi connectivity index (χ2n) is 9.88. The maximum Gasteiger partial charge on any atom is 0.192 e. The Morgan fingerprint density at radius 1 is 0.875 bits per heavy atom. The summed E-state index contributed by atoms with van der Waals surface area (Å²) in [4.78, 5) is 0. The summed E-state index contributed by atoms with van der Waals surface area (Å²) >= 11 is 12.8. The molecule has 1 aliphatic heterocycles. The van der Waals surface area contributed by atoms with Crippen LogP contribution in [-0.4, -0.2) is 46.4 Å². The number of hydrogen-bond donors (Lipinski definition) is 0. The largest absolute Gasteiger partial charge is 0.414 e. The summed E-state index contributed by atoms with van der Waals surface area (Å²) in [5.41, 5.74) is -0.533. The van der Waals surface area contributed by atoms with Gasteiger partial charge in [-0.05, 0) is 36.3 Å². The molecule has 144 valence electrons. The molecule has 1 rings (SSSR count).